The number of hydrogen-bond acceptors (Lipinski definition) is 2. The van der Waals surface area contributed by atoms with Crippen LogP contribution in [0.25, 0.3) is 0 Å². The smallest absolute Gasteiger partial charge is 0.0325 e. The quantitative estimate of drug-likeness (QED) is 0.743. The highest BCUT2D eigenvalue weighted by atomic mass is 15.3. The molecular weight excluding hydrogens is 172 g/mol. The molecule has 1 saturated heterocycles. The van der Waals surface area contributed by atoms with Gasteiger partial charge in [-0.2, -0.15) is 0 Å². The minimum atomic E-state index is 0.647. The lowest BCUT2D eigenvalue weighted by Gasteiger charge is -2.46. The molecule has 1 saturated carbocycles. The highest BCUT2D eigenvalue weighted by molar-refractivity contribution is 4.91. The Morgan fingerprint density at radius 3 is 2.29 bits per heavy atom. The van der Waals surface area contributed by atoms with Gasteiger partial charge in [0.1, 0.15) is 0 Å². The maximum atomic E-state index is 3.61. The van der Waals surface area contributed by atoms with E-state index in [1.807, 2.05) is 0 Å². The second-order valence-corrected chi connectivity index (χ2v) is 5.26. The van der Waals surface area contributed by atoms with E-state index in [0.29, 0.717) is 6.04 Å². The van der Waals surface area contributed by atoms with Crippen LogP contribution in [-0.4, -0.2) is 36.1 Å². The van der Waals surface area contributed by atoms with E-state index in [4.69, 9.17) is 0 Å². The predicted octanol–water partition coefficient (Wildman–Crippen LogP) is 2.00. The highest BCUT2D eigenvalue weighted by Gasteiger charge is 2.32. The van der Waals surface area contributed by atoms with Crippen LogP contribution in [0, 0.1) is 0 Å². The summed E-state index contributed by atoms with van der Waals surface area (Å²) in [4.78, 5) is 2.68. The molecular formula is C12H24N2. The van der Waals surface area contributed by atoms with E-state index in [1.165, 1.54) is 45.2 Å². The molecule has 2 heteroatoms. The lowest BCUT2D eigenvalue weighted by molar-refractivity contribution is 0.0529. The Kier molecular flexibility index (Phi) is 3.45. The van der Waals surface area contributed by atoms with Crippen LogP contribution >= 0.6 is 0 Å². The zero-order valence-electron chi connectivity index (χ0n) is 9.63. The topological polar surface area (TPSA) is 15.3 Å². The summed E-state index contributed by atoms with van der Waals surface area (Å²) in [5.41, 5.74) is 0. The first-order valence-corrected chi connectivity index (χ1v) is 6.26. The molecule has 0 atom stereocenters. The number of nitrogens with zero attached hydrogens (tertiary/aromatic N) is 1. The van der Waals surface area contributed by atoms with E-state index in [-0.39, 0.29) is 0 Å². The molecule has 0 aromatic heterocycles. The lowest BCUT2D eigenvalue weighted by Crippen LogP contribution is -2.62. The van der Waals surface area contributed by atoms with E-state index in [0.717, 1.165) is 12.1 Å². The predicted molar refractivity (Wildman–Crippen MR) is 60.5 cm³/mol. The normalized spacial score (nSPS) is 26.8. The minimum Gasteiger partial charge on any atom is -0.309 e. The molecule has 0 aromatic rings. The summed E-state index contributed by atoms with van der Waals surface area (Å²) in [6.45, 7) is 7.07. The first-order chi connectivity index (χ1) is 6.75. The van der Waals surface area contributed by atoms with Crippen LogP contribution in [0.15, 0.2) is 0 Å². The molecule has 0 amide bonds. The highest BCUT2D eigenvalue weighted by Crippen LogP contribution is 2.26. The monoisotopic (exact) mass is 196 g/mol. The summed E-state index contributed by atoms with van der Waals surface area (Å²) in [5, 5.41) is 3.61. The van der Waals surface area contributed by atoms with Gasteiger partial charge in [0.05, 0.1) is 0 Å². The van der Waals surface area contributed by atoms with Crippen molar-refractivity contribution in [2.24, 2.45) is 0 Å². The fraction of sp³-hybridized carbons (Fsp3) is 1.00. The Labute approximate surface area is 88.1 Å². The van der Waals surface area contributed by atoms with Gasteiger partial charge < -0.3 is 5.32 Å². The van der Waals surface area contributed by atoms with Gasteiger partial charge in [-0.25, -0.2) is 0 Å². The van der Waals surface area contributed by atoms with Gasteiger partial charge >= 0.3 is 0 Å². The van der Waals surface area contributed by atoms with Gasteiger partial charge in [-0.15, -0.1) is 0 Å². The van der Waals surface area contributed by atoms with E-state index in [2.05, 4.69) is 24.1 Å². The van der Waals surface area contributed by atoms with E-state index >= 15 is 0 Å². The fourth-order valence-corrected chi connectivity index (χ4v) is 2.83. The summed E-state index contributed by atoms with van der Waals surface area (Å²) in [5.74, 6) is 0. The lowest BCUT2D eigenvalue weighted by atomic mass is 9.91. The molecule has 1 N–H and O–H groups in total. The standard InChI is InChI=1S/C12H24N2/c1-10(2)13-11-8-14(9-11)12-6-4-3-5-7-12/h10-13H,3-9H2,1-2H3. The first kappa shape index (κ1) is 10.4. The summed E-state index contributed by atoms with van der Waals surface area (Å²) in [6.07, 6.45) is 7.30. The summed E-state index contributed by atoms with van der Waals surface area (Å²) in [7, 11) is 0. The molecule has 0 unspecified atom stereocenters. The largest absolute Gasteiger partial charge is 0.309 e. The molecule has 2 fully saturated rings. The average molecular weight is 196 g/mol. The van der Waals surface area contributed by atoms with Crippen molar-refractivity contribution in [1.82, 2.24) is 10.2 Å². The molecule has 82 valence electrons. The van der Waals surface area contributed by atoms with Crippen LogP contribution in [0.2, 0.25) is 0 Å². The van der Waals surface area contributed by atoms with Gasteiger partial charge in [-0.05, 0) is 12.8 Å². The molecule has 0 spiro atoms. The van der Waals surface area contributed by atoms with Crippen molar-refractivity contribution in [2.45, 2.75) is 64.1 Å². The zero-order chi connectivity index (χ0) is 9.97. The van der Waals surface area contributed by atoms with Crippen molar-refractivity contribution >= 4 is 0 Å². The van der Waals surface area contributed by atoms with Crippen LogP contribution in [0.1, 0.15) is 46.0 Å². The third kappa shape index (κ3) is 2.48. The van der Waals surface area contributed by atoms with Crippen LogP contribution in [0.4, 0.5) is 0 Å². The zero-order valence-corrected chi connectivity index (χ0v) is 9.63. The molecule has 2 rings (SSSR count). The van der Waals surface area contributed by atoms with Gasteiger partial charge in [0.2, 0.25) is 0 Å². The van der Waals surface area contributed by atoms with Crippen LogP contribution < -0.4 is 5.32 Å². The second-order valence-electron chi connectivity index (χ2n) is 5.26. The maximum absolute atomic E-state index is 3.61. The van der Waals surface area contributed by atoms with Crippen molar-refractivity contribution in [3.8, 4) is 0 Å². The summed E-state index contributed by atoms with van der Waals surface area (Å²) in [6, 6.07) is 2.35. The van der Waals surface area contributed by atoms with Gasteiger partial charge in [-0.1, -0.05) is 33.1 Å². The Morgan fingerprint density at radius 2 is 1.71 bits per heavy atom. The summed E-state index contributed by atoms with van der Waals surface area (Å²) < 4.78 is 0. The van der Waals surface area contributed by atoms with Crippen molar-refractivity contribution in [3.05, 3.63) is 0 Å². The Bertz CT molecular complexity index is 167. The molecule has 14 heavy (non-hydrogen) atoms. The van der Waals surface area contributed by atoms with Crippen LogP contribution in [-0.2, 0) is 0 Å². The van der Waals surface area contributed by atoms with Crippen molar-refractivity contribution in [1.29, 1.82) is 0 Å². The molecule has 2 aliphatic rings. The number of likely N-dealkylation sites (tertiary alicyclic amines) is 1. The van der Waals surface area contributed by atoms with Crippen LogP contribution in [0.3, 0.4) is 0 Å². The van der Waals surface area contributed by atoms with Crippen molar-refractivity contribution < 1.29 is 0 Å². The third-order valence-electron chi connectivity index (χ3n) is 3.57. The summed E-state index contributed by atoms with van der Waals surface area (Å²) >= 11 is 0. The van der Waals surface area contributed by atoms with Gasteiger partial charge in [0.25, 0.3) is 0 Å². The Morgan fingerprint density at radius 1 is 1.07 bits per heavy atom. The molecule has 1 aliphatic heterocycles. The van der Waals surface area contributed by atoms with Crippen molar-refractivity contribution in [2.75, 3.05) is 13.1 Å². The molecule has 1 heterocycles. The molecule has 0 aromatic carbocycles. The fourth-order valence-electron chi connectivity index (χ4n) is 2.83. The Hall–Kier alpha value is -0.0800. The van der Waals surface area contributed by atoms with Crippen LogP contribution in [0.5, 0.6) is 0 Å². The Balaban J connectivity index is 1.66. The van der Waals surface area contributed by atoms with E-state index in [1.54, 1.807) is 0 Å². The average Bonchev–Trinajstić information content (AvgIpc) is 2.12. The van der Waals surface area contributed by atoms with Gasteiger partial charge in [-0.3, -0.25) is 4.90 Å². The van der Waals surface area contributed by atoms with Crippen molar-refractivity contribution in [3.63, 3.8) is 0 Å². The van der Waals surface area contributed by atoms with E-state index in [9.17, 15) is 0 Å². The van der Waals surface area contributed by atoms with E-state index < -0.39 is 0 Å². The number of hydrogen-bond donors (Lipinski definition) is 1. The maximum Gasteiger partial charge on any atom is 0.0325 e. The molecule has 0 radical (unpaired) electrons. The minimum absolute atomic E-state index is 0.647. The molecule has 1 aliphatic carbocycles. The number of rotatable bonds is 3. The molecule has 0 bridgehead atoms. The SMILES string of the molecule is CC(C)NC1CN(C2CCCCC2)C1. The first-order valence-electron chi connectivity index (χ1n) is 6.26. The van der Waals surface area contributed by atoms with Gasteiger partial charge in [0.15, 0.2) is 0 Å². The van der Waals surface area contributed by atoms with Gasteiger partial charge in [0, 0.05) is 31.2 Å². The second kappa shape index (κ2) is 4.63. The number of nitrogens with one attached hydrogen (secondary N) is 1. The molecule has 2 nitrogen and oxygen atoms in total. The third-order valence-corrected chi connectivity index (χ3v) is 3.57.